The molecule has 6 heteroatoms. The average molecular weight is 259 g/mol. The molecule has 1 aliphatic rings. The van der Waals surface area contributed by atoms with E-state index in [1.54, 1.807) is 23.3 Å². The van der Waals surface area contributed by atoms with Gasteiger partial charge in [0.1, 0.15) is 5.82 Å². The third-order valence-electron chi connectivity index (χ3n) is 3.64. The van der Waals surface area contributed by atoms with Crippen LogP contribution in [-0.4, -0.2) is 43.6 Å². The summed E-state index contributed by atoms with van der Waals surface area (Å²) in [6, 6.07) is 0. The summed E-state index contributed by atoms with van der Waals surface area (Å²) in [7, 11) is 1.82. The molecule has 0 atom stereocenters. The van der Waals surface area contributed by atoms with Crippen molar-refractivity contribution in [3.63, 3.8) is 0 Å². The Morgan fingerprint density at radius 1 is 1.42 bits per heavy atom. The van der Waals surface area contributed by atoms with E-state index in [-0.39, 0.29) is 5.91 Å². The Balaban J connectivity index is 1.62. The number of hydrogen-bond acceptors (Lipinski definition) is 3. The van der Waals surface area contributed by atoms with Gasteiger partial charge in [-0.25, -0.2) is 4.98 Å². The number of carbonyl (C=O) groups is 1. The second-order valence-corrected chi connectivity index (χ2v) is 4.94. The SMILES string of the molecule is Cn1cc(C(=O)N2CCC(c3ncc[nH]3)CC2)cn1. The van der Waals surface area contributed by atoms with E-state index < -0.39 is 0 Å². The van der Waals surface area contributed by atoms with Crippen LogP contribution in [-0.2, 0) is 7.05 Å². The summed E-state index contributed by atoms with van der Waals surface area (Å²) in [6.45, 7) is 1.55. The molecule has 0 unspecified atom stereocenters. The number of imidazole rings is 1. The normalized spacial score (nSPS) is 16.8. The van der Waals surface area contributed by atoms with Gasteiger partial charge in [0.25, 0.3) is 5.91 Å². The predicted molar refractivity (Wildman–Crippen MR) is 69.7 cm³/mol. The van der Waals surface area contributed by atoms with Gasteiger partial charge in [-0.1, -0.05) is 0 Å². The zero-order valence-electron chi connectivity index (χ0n) is 10.9. The molecule has 2 aromatic rings. The van der Waals surface area contributed by atoms with Crippen molar-refractivity contribution in [1.82, 2.24) is 24.6 Å². The largest absolute Gasteiger partial charge is 0.348 e. The second-order valence-electron chi connectivity index (χ2n) is 4.94. The van der Waals surface area contributed by atoms with Gasteiger partial charge in [-0.2, -0.15) is 5.10 Å². The standard InChI is InChI=1S/C13H17N5O/c1-17-9-11(8-16-17)13(19)18-6-2-10(3-7-18)12-14-4-5-15-12/h4-5,8-10H,2-3,6-7H2,1H3,(H,14,15). The van der Waals surface area contributed by atoms with Crippen LogP contribution in [0.3, 0.4) is 0 Å². The van der Waals surface area contributed by atoms with Crippen molar-refractivity contribution in [3.05, 3.63) is 36.2 Å². The molecule has 2 aromatic heterocycles. The molecule has 1 fully saturated rings. The molecule has 0 aliphatic carbocycles. The van der Waals surface area contributed by atoms with Crippen molar-refractivity contribution in [2.75, 3.05) is 13.1 Å². The van der Waals surface area contributed by atoms with Crippen LogP contribution >= 0.6 is 0 Å². The number of aromatic amines is 1. The lowest BCUT2D eigenvalue weighted by Crippen LogP contribution is -2.38. The molecule has 0 radical (unpaired) electrons. The van der Waals surface area contributed by atoms with Crippen molar-refractivity contribution in [2.24, 2.45) is 7.05 Å². The zero-order valence-corrected chi connectivity index (χ0v) is 10.9. The Morgan fingerprint density at radius 2 is 2.21 bits per heavy atom. The molecule has 19 heavy (non-hydrogen) atoms. The molecule has 0 bridgehead atoms. The minimum Gasteiger partial charge on any atom is -0.348 e. The lowest BCUT2D eigenvalue weighted by Gasteiger charge is -2.30. The number of piperidine rings is 1. The summed E-state index contributed by atoms with van der Waals surface area (Å²) in [5.41, 5.74) is 0.666. The van der Waals surface area contributed by atoms with Gasteiger partial charge in [0, 0.05) is 44.6 Å². The first-order valence-corrected chi connectivity index (χ1v) is 6.51. The van der Waals surface area contributed by atoms with Gasteiger partial charge in [0.05, 0.1) is 11.8 Å². The van der Waals surface area contributed by atoms with Crippen LogP contribution in [0, 0.1) is 0 Å². The molecule has 0 aromatic carbocycles. The molecule has 3 rings (SSSR count). The first-order chi connectivity index (χ1) is 9.24. The van der Waals surface area contributed by atoms with Crippen LogP contribution in [0.2, 0.25) is 0 Å². The van der Waals surface area contributed by atoms with E-state index >= 15 is 0 Å². The third-order valence-corrected chi connectivity index (χ3v) is 3.64. The van der Waals surface area contributed by atoms with E-state index in [1.807, 2.05) is 18.1 Å². The molecule has 0 spiro atoms. The number of aromatic nitrogens is 4. The van der Waals surface area contributed by atoms with Gasteiger partial charge in [0.15, 0.2) is 0 Å². The summed E-state index contributed by atoms with van der Waals surface area (Å²) in [4.78, 5) is 21.6. The second kappa shape index (κ2) is 4.87. The zero-order chi connectivity index (χ0) is 13.2. The minimum absolute atomic E-state index is 0.0750. The Hall–Kier alpha value is -2.11. The average Bonchev–Trinajstić information content (AvgIpc) is 3.09. The van der Waals surface area contributed by atoms with Gasteiger partial charge < -0.3 is 9.88 Å². The van der Waals surface area contributed by atoms with Crippen LogP contribution < -0.4 is 0 Å². The molecular weight excluding hydrogens is 242 g/mol. The topological polar surface area (TPSA) is 66.8 Å². The fourth-order valence-electron chi connectivity index (χ4n) is 2.57. The van der Waals surface area contributed by atoms with Crippen LogP contribution in [0.1, 0.15) is 34.9 Å². The Bertz CT molecular complexity index is 551. The van der Waals surface area contributed by atoms with Gasteiger partial charge in [0.2, 0.25) is 0 Å². The molecule has 0 saturated carbocycles. The molecular formula is C13H17N5O. The maximum absolute atomic E-state index is 12.3. The van der Waals surface area contributed by atoms with E-state index in [1.165, 1.54) is 0 Å². The number of carbonyl (C=O) groups excluding carboxylic acids is 1. The third kappa shape index (κ3) is 2.38. The first kappa shape index (κ1) is 12.0. The van der Waals surface area contributed by atoms with E-state index in [4.69, 9.17) is 0 Å². The van der Waals surface area contributed by atoms with Crippen LogP contribution in [0.25, 0.3) is 0 Å². The van der Waals surface area contributed by atoms with Gasteiger partial charge >= 0.3 is 0 Å². The van der Waals surface area contributed by atoms with Gasteiger partial charge in [-0.15, -0.1) is 0 Å². The molecule has 1 saturated heterocycles. The van der Waals surface area contributed by atoms with Crippen LogP contribution in [0.5, 0.6) is 0 Å². The summed E-state index contributed by atoms with van der Waals surface area (Å²) in [6.07, 6.45) is 8.94. The van der Waals surface area contributed by atoms with Gasteiger partial charge in [-0.05, 0) is 12.8 Å². The summed E-state index contributed by atoms with van der Waals surface area (Å²) in [5.74, 6) is 1.55. The van der Waals surface area contributed by atoms with Crippen LogP contribution in [0.15, 0.2) is 24.8 Å². The number of aryl methyl sites for hydroxylation is 1. The number of amides is 1. The highest BCUT2D eigenvalue weighted by atomic mass is 16.2. The van der Waals surface area contributed by atoms with Crippen molar-refractivity contribution in [2.45, 2.75) is 18.8 Å². The van der Waals surface area contributed by atoms with E-state index in [0.29, 0.717) is 11.5 Å². The van der Waals surface area contributed by atoms with Crippen molar-refractivity contribution in [1.29, 1.82) is 0 Å². The maximum atomic E-state index is 12.3. The lowest BCUT2D eigenvalue weighted by molar-refractivity contribution is 0.0711. The molecule has 1 amide bonds. The summed E-state index contributed by atoms with van der Waals surface area (Å²) < 4.78 is 1.66. The molecule has 1 aliphatic heterocycles. The Kier molecular flexibility index (Phi) is 3.06. The summed E-state index contributed by atoms with van der Waals surface area (Å²) in [5, 5.41) is 4.04. The highest BCUT2D eigenvalue weighted by Crippen LogP contribution is 2.25. The predicted octanol–water partition coefficient (Wildman–Crippen LogP) is 1.16. The number of nitrogens with one attached hydrogen (secondary N) is 1. The number of nitrogens with zero attached hydrogens (tertiary/aromatic N) is 4. The molecule has 3 heterocycles. The minimum atomic E-state index is 0.0750. The number of hydrogen-bond donors (Lipinski definition) is 1. The number of likely N-dealkylation sites (tertiary alicyclic amines) is 1. The monoisotopic (exact) mass is 259 g/mol. The van der Waals surface area contributed by atoms with Gasteiger partial charge in [-0.3, -0.25) is 9.48 Å². The molecule has 100 valence electrons. The molecule has 1 N–H and O–H groups in total. The number of rotatable bonds is 2. The van der Waals surface area contributed by atoms with E-state index in [9.17, 15) is 4.79 Å². The van der Waals surface area contributed by atoms with E-state index in [2.05, 4.69) is 15.1 Å². The lowest BCUT2D eigenvalue weighted by atomic mass is 9.96. The first-order valence-electron chi connectivity index (χ1n) is 6.51. The highest BCUT2D eigenvalue weighted by molar-refractivity contribution is 5.93. The van der Waals surface area contributed by atoms with Crippen molar-refractivity contribution in [3.8, 4) is 0 Å². The van der Waals surface area contributed by atoms with Crippen molar-refractivity contribution >= 4 is 5.91 Å². The fraction of sp³-hybridized carbons (Fsp3) is 0.462. The maximum Gasteiger partial charge on any atom is 0.257 e. The smallest absolute Gasteiger partial charge is 0.257 e. The molecule has 6 nitrogen and oxygen atoms in total. The van der Waals surface area contributed by atoms with Crippen molar-refractivity contribution < 1.29 is 4.79 Å². The van der Waals surface area contributed by atoms with E-state index in [0.717, 1.165) is 31.8 Å². The quantitative estimate of drug-likeness (QED) is 0.880. The highest BCUT2D eigenvalue weighted by Gasteiger charge is 2.26. The summed E-state index contributed by atoms with van der Waals surface area (Å²) >= 11 is 0. The number of H-pyrrole nitrogens is 1. The fourth-order valence-corrected chi connectivity index (χ4v) is 2.57. The Labute approximate surface area is 111 Å². The van der Waals surface area contributed by atoms with Crippen LogP contribution in [0.4, 0.5) is 0 Å². The Morgan fingerprint density at radius 3 is 2.79 bits per heavy atom.